The lowest BCUT2D eigenvalue weighted by Gasteiger charge is -2.04. The molecular formula is C15H19NO6S. The van der Waals surface area contributed by atoms with Crippen molar-refractivity contribution in [2.24, 2.45) is 0 Å². The first kappa shape index (κ1) is 20.6. The second kappa shape index (κ2) is 11.2. The van der Waals surface area contributed by atoms with Gasteiger partial charge >= 0.3 is 11.9 Å². The van der Waals surface area contributed by atoms with E-state index < -0.39 is 21.8 Å². The number of nitrogens with one attached hydrogen (secondary N) is 1. The third kappa shape index (κ3) is 10.9. The van der Waals surface area contributed by atoms with Crippen molar-refractivity contribution in [3.63, 3.8) is 0 Å². The Hall–Kier alpha value is -2.45. The van der Waals surface area contributed by atoms with Gasteiger partial charge in [-0.1, -0.05) is 24.3 Å². The number of aliphatic carboxylic acids is 2. The molecule has 1 aromatic rings. The molecule has 1 rings (SSSR count). The summed E-state index contributed by atoms with van der Waals surface area (Å²) in [4.78, 5) is 19.5. The fourth-order valence-corrected chi connectivity index (χ4v) is 2.52. The van der Waals surface area contributed by atoms with Gasteiger partial charge in [0.2, 0.25) is 0 Å². The lowest BCUT2D eigenvalue weighted by molar-refractivity contribution is -0.134. The summed E-state index contributed by atoms with van der Waals surface area (Å²) in [6.45, 7) is 4.62. The summed E-state index contributed by atoms with van der Waals surface area (Å²) in [6, 6.07) is 8.48. The second-order valence-corrected chi connectivity index (χ2v) is 6.24. The van der Waals surface area contributed by atoms with Gasteiger partial charge in [0.1, 0.15) is 0 Å². The van der Waals surface area contributed by atoms with E-state index in [9.17, 15) is 18.0 Å². The van der Waals surface area contributed by atoms with Crippen molar-refractivity contribution >= 4 is 21.8 Å². The van der Waals surface area contributed by atoms with Gasteiger partial charge in [-0.05, 0) is 12.1 Å². The zero-order valence-corrected chi connectivity index (χ0v) is 13.2. The Morgan fingerprint density at radius 3 is 2.04 bits per heavy atom. The van der Waals surface area contributed by atoms with E-state index in [1.54, 1.807) is 36.4 Å². The highest BCUT2D eigenvalue weighted by molar-refractivity contribution is 7.91. The van der Waals surface area contributed by atoms with Gasteiger partial charge in [-0.3, -0.25) is 0 Å². The number of carboxylic acid groups (broad SMARTS) is 2. The van der Waals surface area contributed by atoms with Gasteiger partial charge in [-0.25, -0.2) is 18.0 Å². The number of carboxylic acids is 2. The fourth-order valence-electron chi connectivity index (χ4n) is 1.30. The van der Waals surface area contributed by atoms with Gasteiger partial charge in [0, 0.05) is 25.2 Å². The molecule has 0 aliphatic carbocycles. The minimum Gasteiger partial charge on any atom is -0.478 e. The molecule has 0 saturated heterocycles. The summed E-state index contributed by atoms with van der Waals surface area (Å²) in [7, 11) is -3.14. The Kier molecular flexibility index (Phi) is 9.97. The molecular weight excluding hydrogens is 322 g/mol. The molecule has 8 heteroatoms. The molecule has 0 aromatic heterocycles. The molecule has 0 aliphatic heterocycles. The van der Waals surface area contributed by atoms with Gasteiger partial charge in [0.05, 0.1) is 10.6 Å². The molecule has 0 aliphatic rings. The molecule has 23 heavy (non-hydrogen) atoms. The molecule has 0 atom stereocenters. The molecule has 0 spiro atoms. The molecule has 7 nitrogen and oxygen atoms in total. The predicted octanol–water partition coefficient (Wildman–Crippen LogP) is 0.948. The molecule has 0 bridgehead atoms. The lowest BCUT2D eigenvalue weighted by Crippen LogP contribution is -2.23. The molecule has 3 N–H and O–H groups in total. The third-order valence-electron chi connectivity index (χ3n) is 2.31. The molecule has 126 valence electrons. The van der Waals surface area contributed by atoms with Crippen LogP contribution in [0.3, 0.4) is 0 Å². The molecule has 1 aromatic carbocycles. The van der Waals surface area contributed by atoms with E-state index in [-0.39, 0.29) is 5.75 Å². The van der Waals surface area contributed by atoms with Gasteiger partial charge in [0.25, 0.3) is 0 Å². The van der Waals surface area contributed by atoms with Crippen molar-refractivity contribution in [1.82, 2.24) is 5.32 Å². The van der Waals surface area contributed by atoms with E-state index in [1.807, 2.05) is 0 Å². The van der Waals surface area contributed by atoms with E-state index in [4.69, 9.17) is 10.2 Å². The normalized spacial score (nSPS) is 10.6. The van der Waals surface area contributed by atoms with E-state index in [2.05, 4.69) is 11.9 Å². The van der Waals surface area contributed by atoms with Crippen LogP contribution in [0.2, 0.25) is 0 Å². The Bertz CT molecular complexity index is 621. The summed E-state index contributed by atoms with van der Waals surface area (Å²) < 4.78 is 23.5. The topological polar surface area (TPSA) is 121 Å². The second-order valence-electron chi connectivity index (χ2n) is 4.13. The van der Waals surface area contributed by atoms with Crippen LogP contribution in [0, 0.1) is 0 Å². The van der Waals surface area contributed by atoms with Crippen LogP contribution in [-0.2, 0) is 19.4 Å². The van der Waals surface area contributed by atoms with Crippen LogP contribution in [0.15, 0.2) is 60.0 Å². The van der Waals surface area contributed by atoms with Gasteiger partial charge in [-0.15, -0.1) is 6.58 Å². The molecule has 0 heterocycles. The van der Waals surface area contributed by atoms with Crippen molar-refractivity contribution in [3.8, 4) is 0 Å². The quantitative estimate of drug-likeness (QED) is 0.366. The Labute approximate surface area is 134 Å². The van der Waals surface area contributed by atoms with Crippen molar-refractivity contribution in [2.75, 3.05) is 18.8 Å². The average Bonchev–Trinajstić information content (AvgIpc) is 2.51. The van der Waals surface area contributed by atoms with Crippen LogP contribution in [0.5, 0.6) is 0 Å². The Morgan fingerprint density at radius 2 is 1.61 bits per heavy atom. The van der Waals surface area contributed by atoms with Gasteiger partial charge in [0.15, 0.2) is 9.84 Å². The van der Waals surface area contributed by atoms with E-state index >= 15 is 0 Å². The zero-order chi connectivity index (χ0) is 17.7. The number of carbonyl (C=O) groups is 2. The summed E-state index contributed by atoms with van der Waals surface area (Å²) in [5.74, 6) is -2.40. The van der Waals surface area contributed by atoms with Crippen LogP contribution in [0.1, 0.15) is 0 Å². The van der Waals surface area contributed by atoms with Gasteiger partial charge < -0.3 is 15.5 Å². The van der Waals surface area contributed by atoms with Crippen LogP contribution >= 0.6 is 0 Å². The number of sulfone groups is 1. The number of benzene rings is 1. The van der Waals surface area contributed by atoms with Gasteiger partial charge in [-0.2, -0.15) is 0 Å². The molecule has 0 unspecified atom stereocenters. The number of rotatable bonds is 8. The summed E-state index contributed by atoms with van der Waals surface area (Å²) >= 11 is 0. The monoisotopic (exact) mass is 341 g/mol. The highest BCUT2D eigenvalue weighted by atomic mass is 32.2. The minimum absolute atomic E-state index is 0.116. The zero-order valence-electron chi connectivity index (χ0n) is 12.4. The van der Waals surface area contributed by atoms with E-state index in [0.29, 0.717) is 30.1 Å². The van der Waals surface area contributed by atoms with Crippen molar-refractivity contribution in [2.45, 2.75) is 4.90 Å². The van der Waals surface area contributed by atoms with Crippen LogP contribution in [0.4, 0.5) is 0 Å². The molecule has 0 amide bonds. The molecule has 0 saturated carbocycles. The number of hydrogen-bond acceptors (Lipinski definition) is 5. The minimum atomic E-state index is -3.14. The maximum Gasteiger partial charge on any atom is 0.328 e. The standard InChI is InChI=1S/C11H15NO2S.C4H4O4/c1-2-8-12-9-10-15(13,14)11-6-4-3-5-7-11;5-3(6)1-2-4(7)8/h2-7,12H,1,8-10H2;1-2H,(H,5,6)(H,7,8). The first-order valence-electron chi connectivity index (χ1n) is 6.53. The first-order valence-corrected chi connectivity index (χ1v) is 8.18. The fraction of sp³-hybridized carbons (Fsp3) is 0.200. The van der Waals surface area contributed by atoms with Crippen molar-refractivity contribution in [3.05, 3.63) is 55.1 Å². The number of hydrogen-bond donors (Lipinski definition) is 3. The maximum atomic E-state index is 11.7. The largest absolute Gasteiger partial charge is 0.478 e. The summed E-state index contributed by atoms with van der Waals surface area (Å²) in [6.07, 6.45) is 2.82. The predicted molar refractivity (Wildman–Crippen MR) is 86.0 cm³/mol. The van der Waals surface area contributed by atoms with Crippen LogP contribution in [0.25, 0.3) is 0 Å². The van der Waals surface area contributed by atoms with E-state index in [0.717, 1.165) is 0 Å². The summed E-state index contributed by atoms with van der Waals surface area (Å²) in [5, 5.41) is 18.6. The third-order valence-corrected chi connectivity index (χ3v) is 4.04. The van der Waals surface area contributed by atoms with E-state index in [1.165, 1.54) is 0 Å². The Balaban J connectivity index is 0.000000515. The smallest absolute Gasteiger partial charge is 0.328 e. The highest BCUT2D eigenvalue weighted by Gasteiger charge is 2.12. The lowest BCUT2D eigenvalue weighted by atomic mass is 10.4. The van der Waals surface area contributed by atoms with Crippen molar-refractivity contribution < 1.29 is 28.2 Å². The first-order chi connectivity index (χ1) is 10.8. The van der Waals surface area contributed by atoms with Crippen LogP contribution in [-0.4, -0.2) is 49.4 Å². The summed E-state index contributed by atoms with van der Waals surface area (Å²) in [5.41, 5.74) is 0. The van der Waals surface area contributed by atoms with Crippen molar-refractivity contribution in [1.29, 1.82) is 0 Å². The SMILES string of the molecule is C=CCNCCS(=O)(=O)c1ccccc1.O=C(O)C=CC(=O)O. The average molecular weight is 341 g/mol. The molecule has 0 fully saturated rings. The Morgan fingerprint density at radius 1 is 1.09 bits per heavy atom. The maximum absolute atomic E-state index is 11.7. The van der Waals surface area contributed by atoms with Crippen LogP contribution < -0.4 is 5.32 Å². The molecule has 0 radical (unpaired) electrons. The highest BCUT2D eigenvalue weighted by Crippen LogP contribution is 2.08.